The van der Waals surface area contributed by atoms with E-state index in [0.717, 1.165) is 0 Å². The number of nitrogens with zero attached hydrogens (tertiary/aromatic N) is 10. The first-order chi connectivity index (χ1) is 31.3. The second-order valence-corrected chi connectivity index (χ2v) is 16.8. The second-order valence-electron chi connectivity index (χ2n) is 16.8. The van der Waals surface area contributed by atoms with Crippen molar-refractivity contribution in [1.82, 2.24) is 49.0 Å². The molecule has 0 spiro atoms. The molecular formula is C40H74N10O16. The summed E-state index contributed by atoms with van der Waals surface area (Å²) in [4.78, 5) is 99.1. The molecule has 2 aliphatic rings. The van der Waals surface area contributed by atoms with Crippen LogP contribution in [0.25, 0.3) is 0 Å². The van der Waals surface area contributed by atoms with Gasteiger partial charge in [0, 0.05) is 144 Å². The van der Waals surface area contributed by atoms with Crippen molar-refractivity contribution >= 4 is 42.3 Å². The molecule has 0 aromatic rings. The zero-order valence-corrected chi connectivity index (χ0v) is 38.3. The van der Waals surface area contributed by atoms with E-state index < -0.39 is 54.6 Å². The lowest BCUT2D eigenvalue weighted by atomic mass is 10.2. The third-order valence-corrected chi connectivity index (χ3v) is 11.4. The molecule has 0 aromatic heterocycles. The molecule has 0 aliphatic carbocycles. The van der Waals surface area contributed by atoms with Gasteiger partial charge in [0.05, 0.1) is 51.5 Å². The van der Waals surface area contributed by atoms with Crippen molar-refractivity contribution in [2.75, 3.05) is 197 Å². The molecule has 0 bridgehead atoms. The Morgan fingerprint density at radius 1 is 0.455 bits per heavy atom. The zero-order chi connectivity index (χ0) is 49.0. The highest BCUT2D eigenvalue weighted by Crippen LogP contribution is 2.07. The van der Waals surface area contributed by atoms with E-state index in [2.05, 4.69) is 4.90 Å². The van der Waals surface area contributed by atoms with E-state index in [1.807, 2.05) is 26.5 Å². The van der Waals surface area contributed by atoms with Crippen LogP contribution in [-0.2, 0) is 38.3 Å². The Labute approximate surface area is 385 Å². The summed E-state index contributed by atoms with van der Waals surface area (Å²) in [6, 6.07) is 0. The summed E-state index contributed by atoms with van der Waals surface area (Å²) < 4.78 is 5.03. The third kappa shape index (κ3) is 27.4. The average molecular weight is 951 g/mol. The Hall–Kier alpha value is -4.19. The van der Waals surface area contributed by atoms with Gasteiger partial charge in [-0.3, -0.25) is 77.7 Å². The van der Waals surface area contributed by atoms with E-state index in [0.29, 0.717) is 58.9 Å². The predicted molar refractivity (Wildman–Crippen MR) is 235 cm³/mol. The number of rotatable bonds is 27. The minimum atomic E-state index is -1.18. The van der Waals surface area contributed by atoms with Gasteiger partial charge in [0.25, 0.3) is 6.47 Å². The number of aliphatic hydroxyl groups excluding tert-OH is 2. The lowest BCUT2D eigenvalue weighted by Gasteiger charge is -2.35. The molecule has 2 saturated heterocycles. The van der Waals surface area contributed by atoms with Gasteiger partial charge >= 0.3 is 35.8 Å². The highest BCUT2D eigenvalue weighted by molar-refractivity contribution is 5.70. The zero-order valence-electron chi connectivity index (χ0n) is 38.3. The Kier molecular flexibility index (Phi) is 28.5. The molecule has 2 atom stereocenters. The lowest BCUT2D eigenvalue weighted by molar-refractivity contribution is -0.140. The van der Waals surface area contributed by atoms with Gasteiger partial charge in [-0.15, -0.1) is 0 Å². The monoisotopic (exact) mass is 951 g/mol. The maximum absolute atomic E-state index is 12.0. The first kappa shape index (κ1) is 57.9. The van der Waals surface area contributed by atoms with Crippen LogP contribution < -0.4 is 0 Å². The molecule has 0 aromatic carbocycles. The van der Waals surface area contributed by atoms with Crippen molar-refractivity contribution in [3.63, 3.8) is 0 Å². The van der Waals surface area contributed by atoms with Gasteiger partial charge in [0.15, 0.2) is 0 Å². The van der Waals surface area contributed by atoms with Crippen LogP contribution >= 0.6 is 0 Å². The fourth-order valence-corrected chi connectivity index (χ4v) is 7.95. The minimum absolute atomic E-state index is 0.0141. The minimum Gasteiger partial charge on any atom is -0.480 e. The van der Waals surface area contributed by atoms with Crippen LogP contribution in [0, 0.1) is 0 Å². The lowest BCUT2D eigenvalue weighted by Crippen LogP contribution is -2.51. The van der Waals surface area contributed by atoms with Crippen molar-refractivity contribution in [3.05, 3.63) is 0 Å². The summed E-state index contributed by atoms with van der Waals surface area (Å²) in [6.07, 6.45) is -2.17. The Bertz CT molecular complexity index is 1430. The SMILES string of the molecule is CCN1CCN(CC(=O)O)CCN(CC(O)CN(CCN(CC(=O)O)CC(O)CN2CCN(CC(=O)O)CCN(CC(=O)O)CCN(CC(=O)O)CC2)COC=O)CCN(CC(=O)O)CC1. The Balaban J connectivity index is 2.18. The average Bonchev–Trinajstić information content (AvgIpc) is 3.21. The summed E-state index contributed by atoms with van der Waals surface area (Å²) in [7, 11) is 0. The number of carbonyl (C=O) groups is 7. The molecule has 0 saturated carbocycles. The summed E-state index contributed by atoms with van der Waals surface area (Å²) in [5, 5.41) is 80.2. The van der Waals surface area contributed by atoms with Crippen molar-refractivity contribution in [1.29, 1.82) is 0 Å². The number of hydrogen-bond donors (Lipinski definition) is 8. The maximum Gasteiger partial charge on any atom is 0.317 e. The largest absolute Gasteiger partial charge is 0.480 e. The number of β-amino-alcohol motifs (C(OH)–C–C–N with tert-alkyl or cyclic N) is 2. The molecule has 26 nitrogen and oxygen atoms in total. The standard InChI is InChI=1S/C40H74N10O16/c1-2-41-3-5-44(25-35(54)55)11-7-43(8-12-45(6-4-41)26-36(56)57)22-34(53)24-50(31-66-32-51)20-19-49(30-40(64)65)23-33(52)21-42-9-13-46(27-37(58)59)15-17-48(29-39(62)63)18-16-47(14-10-42)28-38(60)61/h32-34,52-53H,2-31H2,1H3,(H,54,55)(H,56,57)(H,58,59)(H,60,61)(H,62,63)(H,64,65). The van der Waals surface area contributed by atoms with E-state index in [9.17, 15) is 74.4 Å². The topological polar surface area (TPSA) is 323 Å². The van der Waals surface area contributed by atoms with Crippen LogP contribution in [-0.4, -0.2) is 341 Å². The Morgan fingerprint density at radius 2 is 0.727 bits per heavy atom. The summed E-state index contributed by atoms with van der Waals surface area (Å²) in [5.41, 5.74) is 0. The van der Waals surface area contributed by atoms with Gasteiger partial charge in [-0.1, -0.05) is 6.92 Å². The smallest absolute Gasteiger partial charge is 0.317 e. The third-order valence-electron chi connectivity index (χ3n) is 11.4. The number of carbonyl (C=O) groups excluding carboxylic acids is 1. The number of carboxylic acids is 6. The van der Waals surface area contributed by atoms with Crippen molar-refractivity contribution < 1.29 is 79.2 Å². The number of aliphatic hydroxyl groups is 2. The van der Waals surface area contributed by atoms with Gasteiger partial charge in [0.1, 0.15) is 6.73 Å². The van der Waals surface area contributed by atoms with Crippen LogP contribution in [0.4, 0.5) is 0 Å². The van der Waals surface area contributed by atoms with Crippen LogP contribution in [0.3, 0.4) is 0 Å². The molecule has 2 rings (SSSR count). The van der Waals surface area contributed by atoms with Crippen molar-refractivity contribution in [2.45, 2.75) is 19.1 Å². The molecule has 380 valence electrons. The van der Waals surface area contributed by atoms with Crippen molar-refractivity contribution in [2.24, 2.45) is 0 Å². The van der Waals surface area contributed by atoms with Crippen LogP contribution in [0.2, 0.25) is 0 Å². The molecule has 2 unspecified atom stereocenters. The molecular weight excluding hydrogens is 876 g/mol. The van der Waals surface area contributed by atoms with E-state index in [-0.39, 0.29) is 138 Å². The van der Waals surface area contributed by atoms with Gasteiger partial charge in [-0.05, 0) is 6.54 Å². The predicted octanol–water partition coefficient (Wildman–Crippen LogP) is -5.59. The summed E-state index contributed by atoms with van der Waals surface area (Å²) in [5.74, 6) is -6.37. The number of likely N-dealkylation sites (N-methyl/N-ethyl adjacent to an activating group) is 1. The second kappa shape index (κ2) is 32.5. The molecule has 26 heteroatoms. The molecule has 0 radical (unpaired) electrons. The van der Waals surface area contributed by atoms with Crippen LogP contribution in [0.1, 0.15) is 6.92 Å². The van der Waals surface area contributed by atoms with Gasteiger partial charge in [-0.2, -0.15) is 0 Å². The number of ether oxygens (including phenoxy) is 1. The number of aliphatic carboxylic acids is 6. The first-order valence-electron chi connectivity index (χ1n) is 22.3. The quantitative estimate of drug-likeness (QED) is 0.0281. The molecule has 66 heavy (non-hydrogen) atoms. The van der Waals surface area contributed by atoms with E-state index in [1.54, 1.807) is 19.6 Å². The molecule has 2 fully saturated rings. The van der Waals surface area contributed by atoms with Crippen molar-refractivity contribution in [3.8, 4) is 0 Å². The fourth-order valence-electron chi connectivity index (χ4n) is 7.95. The van der Waals surface area contributed by atoms with Gasteiger partial charge in [0.2, 0.25) is 0 Å². The van der Waals surface area contributed by atoms with E-state index in [4.69, 9.17) is 4.74 Å². The molecule has 2 heterocycles. The Morgan fingerprint density at radius 3 is 1.00 bits per heavy atom. The van der Waals surface area contributed by atoms with E-state index >= 15 is 0 Å². The van der Waals surface area contributed by atoms with E-state index in [1.165, 1.54) is 4.90 Å². The highest BCUT2D eigenvalue weighted by Gasteiger charge is 2.25. The van der Waals surface area contributed by atoms with Gasteiger partial charge < -0.3 is 50.5 Å². The summed E-state index contributed by atoms with van der Waals surface area (Å²) in [6.45, 7) is 6.42. The highest BCUT2D eigenvalue weighted by atomic mass is 16.5. The molecule has 8 N–H and O–H groups in total. The van der Waals surface area contributed by atoms with Crippen LogP contribution in [0.15, 0.2) is 0 Å². The number of hydrogen-bond acceptors (Lipinski definition) is 20. The normalized spacial score (nSPS) is 19.8. The summed E-state index contributed by atoms with van der Waals surface area (Å²) >= 11 is 0. The molecule has 2 aliphatic heterocycles. The molecule has 0 amide bonds. The number of carboxylic acid groups (broad SMARTS) is 6. The van der Waals surface area contributed by atoms with Crippen LogP contribution in [0.5, 0.6) is 0 Å². The fraction of sp³-hybridized carbons (Fsp3) is 0.825. The maximum atomic E-state index is 12.0. The van der Waals surface area contributed by atoms with Gasteiger partial charge in [-0.25, -0.2) is 0 Å². The first-order valence-corrected chi connectivity index (χ1v) is 22.3.